The van der Waals surface area contributed by atoms with Gasteiger partial charge in [0.05, 0.1) is 72.9 Å². The van der Waals surface area contributed by atoms with Gasteiger partial charge in [-0.3, -0.25) is 10.4 Å². The number of quaternary nitrogens is 2. The minimum Gasteiger partial charge on any atom is -0.355 e. The summed E-state index contributed by atoms with van der Waals surface area (Å²) in [5.74, 6) is 0. The van der Waals surface area contributed by atoms with Gasteiger partial charge in [0, 0.05) is 58.9 Å². The molecule has 298 valence electrons. The number of rotatable bonds is 14. The zero-order valence-electron chi connectivity index (χ0n) is 35.7. The number of para-hydroxylation sites is 2. The quantitative estimate of drug-likeness (QED) is 0.0869. The van der Waals surface area contributed by atoms with Gasteiger partial charge in [0.25, 0.3) is 0 Å². The van der Waals surface area contributed by atoms with Crippen molar-refractivity contribution in [2.24, 2.45) is 0 Å². The zero-order valence-corrected chi connectivity index (χ0v) is 35.7. The summed E-state index contributed by atoms with van der Waals surface area (Å²) in [5.41, 5.74) is 12.4. The van der Waals surface area contributed by atoms with E-state index >= 15 is 0 Å². The second-order valence-corrected chi connectivity index (χ2v) is 19.0. The van der Waals surface area contributed by atoms with Gasteiger partial charge in [-0.05, 0) is 80.2 Å². The Balaban J connectivity index is 1.44. The summed E-state index contributed by atoms with van der Waals surface area (Å²) in [6, 6.07) is 25.1. The van der Waals surface area contributed by atoms with Gasteiger partial charge < -0.3 is 19.2 Å². The highest BCUT2D eigenvalue weighted by atomic mass is 16.8. The summed E-state index contributed by atoms with van der Waals surface area (Å²) in [7, 11) is 13.6. The number of hydrogen-bond acceptors (Lipinski definition) is 5. The molecular formula is C48H67N6O2+3. The molecule has 0 unspecified atom stereocenters. The Morgan fingerprint density at radius 1 is 0.768 bits per heavy atom. The van der Waals surface area contributed by atoms with E-state index in [1.807, 2.05) is 12.1 Å². The second kappa shape index (κ2) is 16.2. The molecule has 3 aromatic rings. The fourth-order valence-electron chi connectivity index (χ4n) is 8.80. The van der Waals surface area contributed by atoms with E-state index in [0.29, 0.717) is 5.69 Å². The van der Waals surface area contributed by atoms with E-state index in [1.165, 1.54) is 45.1 Å². The maximum atomic E-state index is 9.88. The number of nitrogens with one attached hydrogen (secondary N) is 1. The summed E-state index contributed by atoms with van der Waals surface area (Å²) in [4.78, 5) is 2.55. The molecule has 6 rings (SSSR count). The predicted molar refractivity (Wildman–Crippen MR) is 233 cm³/mol. The van der Waals surface area contributed by atoms with E-state index in [1.54, 1.807) is 12.1 Å². The summed E-state index contributed by atoms with van der Waals surface area (Å²) in [5, 5.41) is 23.7. The van der Waals surface area contributed by atoms with E-state index < -0.39 is 0 Å². The first-order chi connectivity index (χ1) is 26.4. The maximum Gasteiger partial charge on any atom is 0.209 e. The molecule has 0 atom stereocenters. The Hall–Kier alpha value is -4.47. The molecule has 0 saturated heterocycles. The number of fused-ring (bicyclic) bond motifs is 2. The molecule has 0 fully saturated rings. The highest BCUT2D eigenvalue weighted by molar-refractivity contribution is 6.03. The molecule has 3 aliphatic rings. The molecule has 56 heavy (non-hydrogen) atoms. The van der Waals surface area contributed by atoms with Crippen molar-refractivity contribution < 1.29 is 24.0 Å². The Morgan fingerprint density at radius 3 is 2.16 bits per heavy atom. The largest absolute Gasteiger partial charge is 0.355 e. The standard InChI is InChI=1S/C48H66N6O2/c1-47(2)40-23-11-13-25-42(40)50(31-17-33-53(5,6)7)44(47)29-27-36-19-15-20-37(46(36)49-38-21-16-22-39(35-38)52(55)56)28-30-45-48(3,4)41-24-12-14-26-43(41)51(45)32-18-34-54(8,9)10/h11-14,16,21-30,35,55-56H,15,17-20,31-34H2,1-10H3/q+2/p+1. The molecule has 0 aromatic heterocycles. The van der Waals surface area contributed by atoms with Crippen LogP contribution in [-0.4, -0.2) is 98.1 Å². The van der Waals surface area contributed by atoms with Crippen molar-refractivity contribution in [2.75, 3.05) is 83.9 Å². The molecule has 1 aliphatic carbocycles. The fourth-order valence-corrected chi connectivity index (χ4v) is 8.80. The minimum absolute atomic E-state index is 0.145. The third-order valence-electron chi connectivity index (χ3n) is 11.8. The van der Waals surface area contributed by atoms with E-state index in [2.05, 4.69) is 158 Å². The molecule has 8 heteroatoms. The molecule has 3 aromatic carbocycles. The molecule has 0 amide bonds. The van der Waals surface area contributed by atoms with E-state index in [4.69, 9.17) is 0 Å². The van der Waals surface area contributed by atoms with Gasteiger partial charge >= 0.3 is 0 Å². The molecule has 3 N–H and O–H groups in total. The Kier molecular flexibility index (Phi) is 11.9. The van der Waals surface area contributed by atoms with Crippen LogP contribution in [-0.2, 0) is 10.8 Å². The van der Waals surface area contributed by atoms with Crippen LogP contribution in [0.1, 0.15) is 70.9 Å². The lowest BCUT2D eigenvalue weighted by Gasteiger charge is -2.29. The van der Waals surface area contributed by atoms with Crippen LogP contribution >= 0.6 is 0 Å². The van der Waals surface area contributed by atoms with E-state index in [0.717, 1.165) is 78.6 Å². The Labute approximate surface area is 336 Å². The second-order valence-electron chi connectivity index (χ2n) is 19.0. The van der Waals surface area contributed by atoms with Crippen molar-refractivity contribution >= 4 is 28.5 Å². The molecule has 0 bridgehead atoms. The molecule has 2 heterocycles. The molecule has 2 aliphatic heterocycles. The van der Waals surface area contributed by atoms with Gasteiger partial charge in [0.2, 0.25) is 5.69 Å². The van der Waals surface area contributed by atoms with Crippen molar-refractivity contribution in [3.8, 4) is 0 Å². The topological polar surface area (TPSA) is 62.0 Å². The minimum atomic E-state index is -0.145. The summed E-state index contributed by atoms with van der Waals surface area (Å²) >= 11 is 0. The number of nitrogens with zero attached hydrogens (tertiary/aromatic N) is 5. The molecule has 0 spiro atoms. The van der Waals surface area contributed by atoms with Crippen molar-refractivity contribution in [2.45, 2.75) is 70.6 Å². The van der Waals surface area contributed by atoms with Gasteiger partial charge in [0.15, 0.2) is 12.3 Å². The number of hydrogen-bond donors (Lipinski definition) is 3. The zero-order chi connectivity index (χ0) is 40.5. The van der Waals surface area contributed by atoms with Crippen LogP contribution in [0.3, 0.4) is 0 Å². The summed E-state index contributed by atoms with van der Waals surface area (Å²) < 4.78 is 4.44. The van der Waals surface area contributed by atoms with Crippen molar-refractivity contribution in [1.82, 2.24) is 0 Å². The predicted octanol–water partition coefficient (Wildman–Crippen LogP) is 9.55. The van der Waals surface area contributed by atoms with Gasteiger partial charge in [0.1, 0.15) is 0 Å². The first kappa shape index (κ1) is 41.2. The number of benzene rings is 3. The summed E-state index contributed by atoms with van der Waals surface area (Å²) in [6.07, 6.45) is 14.5. The number of anilines is 3. The Morgan fingerprint density at radius 2 is 1.45 bits per heavy atom. The average molecular weight is 760 g/mol. The SMILES string of the molecule is CC1(C)C(=CC=C2CCCC(C=CC3=[N+](CCC[N+](C)(C)C)c4ccccc4C3(C)C)=C2Nc2cccc(N(O)O)c2)N(CCC[N+](C)(C)C)c2ccccc21. The molecule has 0 saturated carbocycles. The number of allylic oxidation sites excluding steroid dienone is 7. The lowest BCUT2D eigenvalue weighted by atomic mass is 9.81. The molecule has 0 radical (unpaired) electrons. The molecular weight excluding hydrogens is 693 g/mol. The third kappa shape index (κ3) is 9.05. The van der Waals surface area contributed by atoms with Crippen LogP contribution in [0.25, 0.3) is 0 Å². The lowest BCUT2D eigenvalue weighted by molar-refractivity contribution is -0.871. The Bertz CT molecular complexity index is 2070. The average Bonchev–Trinajstić information content (AvgIpc) is 3.48. The van der Waals surface area contributed by atoms with Crippen LogP contribution in [0.5, 0.6) is 0 Å². The van der Waals surface area contributed by atoms with Crippen LogP contribution in [0.2, 0.25) is 0 Å². The summed E-state index contributed by atoms with van der Waals surface area (Å²) in [6.45, 7) is 13.6. The van der Waals surface area contributed by atoms with Gasteiger partial charge in [-0.25, -0.2) is 0 Å². The van der Waals surface area contributed by atoms with Crippen molar-refractivity contribution in [3.05, 3.63) is 131 Å². The van der Waals surface area contributed by atoms with Gasteiger partial charge in [-0.1, -0.05) is 68.5 Å². The lowest BCUT2D eigenvalue weighted by Crippen LogP contribution is -2.37. The van der Waals surface area contributed by atoms with Crippen molar-refractivity contribution in [1.29, 1.82) is 0 Å². The normalized spacial score (nSPS) is 19.4. The van der Waals surface area contributed by atoms with Crippen molar-refractivity contribution in [3.63, 3.8) is 0 Å². The van der Waals surface area contributed by atoms with Crippen LogP contribution in [0.15, 0.2) is 120 Å². The smallest absolute Gasteiger partial charge is 0.209 e. The van der Waals surface area contributed by atoms with Gasteiger partial charge in [-0.2, -0.15) is 4.58 Å². The maximum absolute atomic E-state index is 9.88. The highest BCUT2D eigenvalue weighted by Gasteiger charge is 2.44. The van der Waals surface area contributed by atoms with E-state index in [9.17, 15) is 10.4 Å². The first-order valence-corrected chi connectivity index (χ1v) is 20.5. The van der Waals surface area contributed by atoms with Crippen LogP contribution < -0.4 is 15.4 Å². The highest BCUT2D eigenvalue weighted by Crippen LogP contribution is 2.48. The van der Waals surface area contributed by atoms with E-state index in [-0.39, 0.29) is 16.1 Å². The fraction of sp³-hybridized carbons (Fsp3) is 0.438. The van der Waals surface area contributed by atoms with Crippen LogP contribution in [0, 0.1) is 0 Å². The van der Waals surface area contributed by atoms with Crippen LogP contribution in [0.4, 0.5) is 22.7 Å². The van der Waals surface area contributed by atoms with Gasteiger partial charge in [-0.15, -0.1) is 5.23 Å². The monoisotopic (exact) mass is 760 g/mol. The first-order valence-electron chi connectivity index (χ1n) is 20.5. The third-order valence-corrected chi connectivity index (χ3v) is 11.8. The molecule has 8 nitrogen and oxygen atoms in total.